The maximum absolute atomic E-state index is 9.65. The van der Waals surface area contributed by atoms with E-state index in [1.54, 1.807) is 11.8 Å². The molecule has 1 fully saturated rings. The van der Waals surface area contributed by atoms with E-state index in [4.69, 9.17) is 4.99 Å². The second-order valence-electron chi connectivity index (χ2n) is 7.62. The standard InChI is InChI=1S/C19H36N6OS/c1-5-20-18(22-15-8-10-16(26)11-9-15)21-12-6-7-17-23-24-19(27-4)25(17)13-14(2)3/h14-16,26H,5-13H2,1-4H3,(H2,20,21,22). The molecule has 0 spiro atoms. The first-order valence-corrected chi connectivity index (χ1v) is 11.4. The quantitative estimate of drug-likeness (QED) is 0.257. The van der Waals surface area contributed by atoms with E-state index >= 15 is 0 Å². The first-order valence-electron chi connectivity index (χ1n) is 10.2. The predicted molar refractivity (Wildman–Crippen MR) is 112 cm³/mol. The third kappa shape index (κ3) is 7.33. The summed E-state index contributed by atoms with van der Waals surface area (Å²) in [6, 6.07) is 0.407. The van der Waals surface area contributed by atoms with Crippen LogP contribution in [0.3, 0.4) is 0 Å². The average molecular weight is 397 g/mol. The lowest BCUT2D eigenvalue weighted by Gasteiger charge is -2.27. The zero-order valence-electron chi connectivity index (χ0n) is 17.2. The maximum Gasteiger partial charge on any atom is 0.191 e. The molecular weight excluding hydrogens is 360 g/mol. The third-order valence-electron chi connectivity index (χ3n) is 4.73. The summed E-state index contributed by atoms with van der Waals surface area (Å²) < 4.78 is 2.25. The third-order valence-corrected chi connectivity index (χ3v) is 5.40. The number of rotatable bonds is 9. The van der Waals surface area contributed by atoms with Crippen molar-refractivity contribution < 1.29 is 5.11 Å². The van der Waals surface area contributed by atoms with Gasteiger partial charge in [0.2, 0.25) is 0 Å². The van der Waals surface area contributed by atoms with Gasteiger partial charge in [0.05, 0.1) is 6.10 Å². The summed E-state index contributed by atoms with van der Waals surface area (Å²) in [4.78, 5) is 4.73. The Morgan fingerprint density at radius 1 is 1.30 bits per heavy atom. The lowest BCUT2D eigenvalue weighted by atomic mass is 9.93. The number of aliphatic imine (C=N–C) groups is 1. The zero-order valence-corrected chi connectivity index (χ0v) is 18.1. The number of nitrogens with zero attached hydrogens (tertiary/aromatic N) is 4. The number of aromatic nitrogens is 3. The predicted octanol–water partition coefficient (Wildman–Crippen LogP) is 2.45. The molecule has 154 valence electrons. The Morgan fingerprint density at radius 2 is 2.04 bits per heavy atom. The molecule has 7 nitrogen and oxygen atoms in total. The second-order valence-corrected chi connectivity index (χ2v) is 8.39. The van der Waals surface area contributed by atoms with Crippen LogP contribution in [0, 0.1) is 5.92 Å². The second kappa shape index (κ2) is 11.5. The zero-order chi connectivity index (χ0) is 19.6. The Hall–Kier alpha value is -1.28. The molecule has 27 heavy (non-hydrogen) atoms. The van der Waals surface area contributed by atoms with Crippen molar-refractivity contribution in [2.24, 2.45) is 10.9 Å². The number of thioether (sulfide) groups is 1. The molecule has 0 aliphatic heterocycles. The molecule has 1 aromatic rings. The van der Waals surface area contributed by atoms with Gasteiger partial charge in [-0.2, -0.15) is 0 Å². The van der Waals surface area contributed by atoms with Crippen LogP contribution in [0.1, 0.15) is 58.7 Å². The van der Waals surface area contributed by atoms with Gasteiger partial charge in [-0.25, -0.2) is 0 Å². The molecule has 1 aromatic heterocycles. The molecule has 1 saturated carbocycles. The van der Waals surface area contributed by atoms with Crippen LogP contribution in [-0.2, 0) is 13.0 Å². The summed E-state index contributed by atoms with van der Waals surface area (Å²) in [6.45, 7) is 9.09. The minimum Gasteiger partial charge on any atom is -0.393 e. The van der Waals surface area contributed by atoms with Crippen molar-refractivity contribution in [2.45, 2.75) is 83.1 Å². The Kier molecular flexibility index (Phi) is 9.41. The van der Waals surface area contributed by atoms with Crippen molar-refractivity contribution in [1.29, 1.82) is 0 Å². The first kappa shape index (κ1) is 22.0. The molecular formula is C19H36N6OS. The highest BCUT2D eigenvalue weighted by Crippen LogP contribution is 2.18. The van der Waals surface area contributed by atoms with Gasteiger partial charge in [0.1, 0.15) is 5.82 Å². The molecule has 8 heteroatoms. The fraction of sp³-hybridized carbons (Fsp3) is 0.842. The highest BCUT2D eigenvalue weighted by molar-refractivity contribution is 7.98. The number of hydrogen-bond donors (Lipinski definition) is 3. The highest BCUT2D eigenvalue weighted by atomic mass is 32.2. The van der Waals surface area contributed by atoms with Crippen molar-refractivity contribution in [3.05, 3.63) is 5.82 Å². The van der Waals surface area contributed by atoms with E-state index < -0.39 is 0 Å². The van der Waals surface area contributed by atoms with Gasteiger partial charge in [0, 0.05) is 32.1 Å². The molecule has 1 heterocycles. The van der Waals surface area contributed by atoms with Gasteiger partial charge < -0.3 is 20.3 Å². The SMILES string of the molecule is CCNC(=NCCCc1nnc(SC)n1CC(C)C)NC1CCC(O)CC1. The van der Waals surface area contributed by atoms with Gasteiger partial charge in [-0.05, 0) is 51.2 Å². The van der Waals surface area contributed by atoms with Crippen LogP contribution in [0.4, 0.5) is 0 Å². The van der Waals surface area contributed by atoms with Crippen molar-refractivity contribution in [3.8, 4) is 0 Å². The summed E-state index contributed by atoms with van der Waals surface area (Å²) in [6.07, 6.45) is 7.51. The van der Waals surface area contributed by atoms with Gasteiger partial charge in [-0.3, -0.25) is 4.99 Å². The molecule has 0 radical (unpaired) electrons. The lowest BCUT2D eigenvalue weighted by molar-refractivity contribution is 0.120. The summed E-state index contributed by atoms with van der Waals surface area (Å²) in [5.41, 5.74) is 0. The summed E-state index contributed by atoms with van der Waals surface area (Å²) in [5.74, 6) is 2.51. The van der Waals surface area contributed by atoms with Crippen LogP contribution in [-0.4, -0.2) is 57.3 Å². The molecule has 2 rings (SSSR count). The molecule has 0 saturated heterocycles. The van der Waals surface area contributed by atoms with Crippen LogP contribution in [0.2, 0.25) is 0 Å². The van der Waals surface area contributed by atoms with Gasteiger partial charge in [0.15, 0.2) is 11.1 Å². The minimum absolute atomic E-state index is 0.128. The van der Waals surface area contributed by atoms with E-state index in [0.29, 0.717) is 12.0 Å². The van der Waals surface area contributed by atoms with Crippen molar-refractivity contribution >= 4 is 17.7 Å². The Balaban J connectivity index is 1.85. The van der Waals surface area contributed by atoms with E-state index in [-0.39, 0.29) is 6.10 Å². The van der Waals surface area contributed by atoms with Crippen molar-refractivity contribution in [2.75, 3.05) is 19.3 Å². The number of aliphatic hydroxyl groups excluding tert-OH is 1. The number of aryl methyl sites for hydroxylation is 1. The molecule has 3 N–H and O–H groups in total. The average Bonchev–Trinajstić information content (AvgIpc) is 3.01. The molecule has 0 bridgehead atoms. The Labute approximate surface area is 167 Å². The number of guanidine groups is 1. The fourth-order valence-corrected chi connectivity index (χ4v) is 3.89. The van der Waals surface area contributed by atoms with E-state index in [9.17, 15) is 5.11 Å². The van der Waals surface area contributed by atoms with E-state index in [2.05, 4.69) is 46.2 Å². The van der Waals surface area contributed by atoms with Gasteiger partial charge in [-0.1, -0.05) is 25.6 Å². The van der Waals surface area contributed by atoms with Gasteiger partial charge in [-0.15, -0.1) is 10.2 Å². The van der Waals surface area contributed by atoms with Crippen LogP contribution in [0.5, 0.6) is 0 Å². The summed E-state index contributed by atoms with van der Waals surface area (Å²) >= 11 is 1.65. The molecule has 0 amide bonds. The summed E-state index contributed by atoms with van der Waals surface area (Å²) in [7, 11) is 0. The topological polar surface area (TPSA) is 87.4 Å². The minimum atomic E-state index is -0.128. The summed E-state index contributed by atoms with van der Waals surface area (Å²) in [5, 5.41) is 26.2. The fourth-order valence-electron chi connectivity index (χ4n) is 3.37. The highest BCUT2D eigenvalue weighted by Gasteiger charge is 2.20. The molecule has 0 unspecified atom stereocenters. The van der Waals surface area contributed by atoms with Crippen LogP contribution < -0.4 is 10.6 Å². The number of hydrogen-bond acceptors (Lipinski definition) is 5. The first-order chi connectivity index (χ1) is 13.0. The molecule has 1 aliphatic rings. The maximum atomic E-state index is 9.65. The van der Waals surface area contributed by atoms with E-state index in [1.165, 1.54) is 0 Å². The van der Waals surface area contributed by atoms with Crippen molar-refractivity contribution in [3.63, 3.8) is 0 Å². The Bertz CT molecular complexity index is 581. The normalized spacial score (nSPS) is 20.9. The Morgan fingerprint density at radius 3 is 2.67 bits per heavy atom. The monoisotopic (exact) mass is 396 g/mol. The van der Waals surface area contributed by atoms with Gasteiger partial charge >= 0.3 is 0 Å². The van der Waals surface area contributed by atoms with Crippen LogP contribution >= 0.6 is 11.8 Å². The number of nitrogens with one attached hydrogen (secondary N) is 2. The smallest absolute Gasteiger partial charge is 0.191 e. The molecule has 0 atom stereocenters. The van der Waals surface area contributed by atoms with Gasteiger partial charge in [0.25, 0.3) is 0 Å². The van der Waals surface area contributed by atoms with E-state index in [1.807, 2.05) is 6.26 Å². The van der Waals surface area contributed by atoms with E-state index in [0.717, 1.165) is 75.1 Å². The van der Waals surface area contributed by atoms with Crippen LogP contribution in [0.15, 0.2) is 10.1 Å². The molecule has 0 aromatic carbocycles. The molecule has 1 aliphatic carbocycles. The number of aliphatic hydroxyl groups is 1. The largest absolute Gasteiger partial charge is 0.393 e. The van der Waals surface area contributed by atoms with Crippen molar-refractivity contribution in [1.82, 2.24) is 25.4 Å². The van der Waals surface area contributed by atoms with Crippen LogP contribution in [0.25, 0.3) is 0 Å². The lowest BCUT2D eigenvalue weighted by Crippen LogP contribution is -2.45.